The fourth-order valence-electron chi connectivity index (χ4n) is 6.01. The number of nitrogens with zero attached hydrogens (tertiary/aromatic N) is 1. The molecule has 3 N–H and O–H groups in total. The minimum absolute atomic E-state index is 0.0188. The fourth-order valence-corrected chi connectivity index (χ4v) is 6.01. The third-order valence-electron chi connectivity index (χ3n) is 8.93. The molecule has 248 valence electrons. The molecule has 0 aliphatic carbocycles. The highest BCUT2D eigenvalue weighted by Gasteiger charge is 2.22. The van der Waals surface area contributed by atoms with Crippen molar-refractivity contribution in [2.75, 3.05) is 13.1 Å². The molecule has 3 aromatic carbocycles. The van der Waals surface area contributed by atoms with Crippen molar-refractivity contribution in [3.63, 3.8) is 0 Å². The first kappa shape index (κ1) is 36.7. The van der Waals surface area contributed by atoms with E-state index in [-0.39, 0.29) is 11.9 Å². The van der Waals surface area contributed by atoms with Gasteiger partial charge in [-0.05, 0) is 117 Å². The van der Waals surface area contributed by atoms with Crippen LogP contribution in [-0.4, -0.2) is 35.8 Å². The van der Waals surface area contributed by atoms with Crippen LogP contribution in [0.1, 0.15) is 122 Å². The van der Waals surface area contributed by atoms with E-state index >= 15 is 0 Å². The molecule has 1 saturated heterocycles. The molecule has 5 nitrogen and oxygen atoms in total. The average molecular weight is 628 g/mol. The van der Waals surface area contributed by atoms with Crippen LogP contribution in [0, 0.1) is 6.92 Å². The second-order valence-electron chi connectivity index (χ2n) is 13.0. The maximum atomic E-state index is 13.4. The van der Waals surface area contributed by atoms with Crippen LogP contribution in [-0.2, 0) is 18.6 Å². The number of carbonyl (C=O) groups is 2. The Bertz CT molecular complexity index is 1460. The van der Waals surface area contributed by atoms with Gasteiger partial charge in [0.2, 0.25) is 5.91 Å². The fraction of sp³-hybridized carbons (Fsp3) is 0.450. The number of hydrogen-bond acceptors (Lipinski definition) is 3. The molecule has 0 radical (unpaired) electrons. The van der Waals surface area contributed by atoms with Crippen molar-refractivity contribution in [3.8, 4) is 0 Å². The molecule has 0 unspecified atom stereocenters. The molecule has 1 heterocycles. The predicted octanol–water partition coefficient (Wildman–Crippen LogP) is 8.93. The molecule has 2 amide bonds. The summed E-state index contributed by atoms with van der Waals surface area (Å²) >= 11 is 0. The molecule has 0 saturated carbocycles. The quantitative estimate of drug-likeness (QED) is 0.223. The molecule has 0 bridgehead atoms. The second kappa shape index (κ2) is 17.2. The smallest absolute Gasteiger partial charge is 0.251 e. The number of amides is 2. The van der Waals surface area contributed by atoms with Crippen molar-refractivity contribution in [1.82, 2.24) is 10.2 Å². The predicted molar refractivity (Wildman–Crippen MR) is 190 cm³/mol. The summed E-state index contributed by atoms with van der Waals surface area (Å²) in [6, 6.07) is 21.5. The highest BCUT2D eigenvalue weighted by Crippen LogP contribution is 2.29. The zero-order valence-corrected chi connectivity index (χ0v) is 29.0. The molecule has 46 heavy (non-hydrogen) atoms. The number of nitrogens with two attached hydrogens (primary N) is 1. The van der Waals surface area contributed by atoms with E-state index in [0.717, 1.165) is 74.8 Å². The minimum Gasteiger partial charge on any atom is -0.366 e. The lowest BCUT2D eigenvalue weighted by Crippen LogP contribution is -2.44. The molecule has 1 aliphatic heterocycles. The van der Waals surface area contributed by atoms with Gasteiger partial charge >= 0.3 is 0 Å². The Labute approximate surface area is 276 Å². The Kier molecular flexibility index (Phi) is 13.7. The maximum absolute atomic E-state index is 13.4. The molecule has 0 atom stereocenters. The number of hydrogen-bond donors (Lipinski definition) is 2. The van der Waals surface area contributed by atoms with Gasteiger partial charge in [0.05, 0.1) is 0 Å². The van der Waals surface area contributed by atoms with Crippen LogP contribution >= 0.6 is 0 Å². The van der Waals surface area contributed by atoms with Gasteiger partial charge in [-0.15, -0.1) is 0 Å². The van der Waals surface area contributed by atoms with Crippen LogP contribution < -0.4 is 11.1 Å². The first-order valence-electron chi connectivity index (χ1n) is 16.9. The lowest BCUT2D eigenvalue weighted by atomic mass is 9.91. The average Bonchev–Trinajstić information content (AvgIpc) is 3.03. The number of alkyl halides is 1. The molecule has 3 aromatic rings. The summed E-state index contributed by atoms with van der Waals surface area (Å²) in [7, 11) is 0. The number of allylic oxidation sites excluding steroid dienone is 2. The van der Waals surface area contributed by atoms with Gasteiger partial charge in [-0.2, -0.15) is 0 Å². The molecular formula is C40H54FN3O2. The van der Waals surface area contributed by atoms with Crippen molar-refractivity contribution in [1.29, 1.82) is 0 Å². The zero-order chi connectivity index (χ0) is 33.9. The number of carbonyl (C=O) groups excluding carboxylic acids is 2. The van der Waals surface area contributed by atoms with Crippen LogP contribution in [0.5, 0.6) is 0 Å². The van der Waals surface area contributed by atoms with Crippen molar-refractivity contribution in [2.45, 2.75) is 105 Å². The zero-order valence-electron chi connectivity index (χ0n) is 29.0. The number of halogens is 1. The van der Waals surface area contributed by atoms with Gasteiger partial charge < -0.3 is 11.1 Å². The van der Waals surface area contributed by atoms with Crippen LogP contribution in [0.25, 0.3) is 5.57 Å². The Morgan fingerprint density at radius 1 is 0.913 bits per heavy atom. The lowest BCUT2D eigenvalue weighted by molar-refractivity contribution is 0.0908. The van der Waals surface area contributed by atoms with Gasteiger partial charge in [-0.3, -0.25) is 14.5 Å². The summed E-state index contributed by atoms with van der Waals surface area (Å²) < 4.78 is 13.4. The topological polar surface area (TPSA) is 75.4 Å². The maximum Gasteiger partial charge on any atom is 0.251 e. The summed E-state index contributed by atoms with van der Waals surface area (Å²) in [5, 5.41) is 3.26. The van der Waals surface area contributed by atoms with Crippen molar-refractivity contribution >= 4 is 17.4 Å². The number of rotatable bonds is 11. The van der Waals surface area contributed by atoms with Crippen molar-refractivity contribution < 1.29 is 14.0 Å². The summed E-state index contributed by atoms with van der Waals surface area (Å²) in [6.45, 7) is 16.7. The first-order chi connectivity index (χ1) is 21.9. The Morgan fingerprint density at radius 2 is 1.50 bits per heavy atom. The van der Waals surface area contributed by atoms with Gasteiger partial charge in [-0.25, -0.2) is 4.39 Å². The summed E-state index contributed by atoms with van der Waals surface area (Å²) in [6.07, 6.45) is 6.06. The minimum atomic E-state index is -1.22. The van der Waals surface area contributed by atoms with E-state index in [1.54, 1.807) is 26.0 Å². The van der Waals surface area contributed by atoms with E-state index in [2.05, 4.69) is 57.0 Å². The van der Waals surface area contributed by atoms with Gasteiger partial charge in [0.15, 0.2) is 0 Å². The SMILES string of the molecule is CCC/C(C)=C(\CC)c1cc(C(=O)NC2CCN(Cc3ccc(C(N)=O)cc3)CC2)ccc1C.CCc1ccc(C(C)(C)F)cc1. The third-order valence-corrected chi connectivity index (χ3v) is 8.93. The van der Waals surface area contributed by atoms with Gasteiger partial charge in [0.25, 0.3) is 5.91 Å². The number of benzene rings is 3. The van der Waals surface area contributed by atoms with Crippen molar-refractivity contribution in [2.24, 2.45) is 5.73 Å². The third kappa shape index (κ3) is 10.7. The Hall–Kier alpha value is -3.77. The van der Waals surface area contributed by atoms with Crippen LogP contribution in [0.4, 0.5) is 4.39 Å². The van der Waals surface area contributed by atoms with E-state index < -0.39 is 11.6 Å². The summed E-state index contributed by atoms with van der Waals surface area (Å²) in [4.78, 5) is 26.7. The van der Waals surface area contributed by atoms with E-state index in [9.17, 15) is 14.0 Å². The molecular weight excluding hydrogens is 573 g/mol. The number of primary amides is 1. The molecule has 6 heteroatoms. The van der Waals surface area contributed by atoms with Gasteiger partial charge in [0.1, 0.15) is 5.67 Å². The number of nitrogens with one attached hydrogen (secondary N) is 1. The molecule has 0 aromatic heterocycles. The van der Waals surface area contributed by atoms with E-state index in [4.69, 9.17) is 5.73 Å². The number of likely N-dealkylation sites (tertiary alicyclic amines) is 1. The highest BCUT2D eigenvalue weighted by molar-refractivity contribution is 5.95. The lowest BCUT2D eigenvalue weighted by Gasteiger charge is -2.32. The summed E-state index contributed by atoms with van der Waals surface area (Å²) in [5.74, 6) is -0.382. The van der Waals surface area contributed by atoms with Crippen molar-refractivity contribution in [3.05, 3.63) is 111 Å². The normalized spacial score (nSPS) is 14.6. The highest BCUT2D eigenvalue weighted by atomic mass is 19.1. The van der Waals surface area contributed by atoms with E-state index in [1.807, 2.05) is 42.5 Å². The van der Waals surface area contributed by atoms with Crippen LogP contribution in [0.2, 0.25) is 0 Å². The van der Waals surface area contributed by atoms with E-state index in [1.165, 1.54) is 27.8 Å². The summed E-state index contributed by atoms with van der Waals surface area (Å²) in [5.41, 5.74) is 13.8. The Morgan fingerprint density at radius 3 is 2.02 bits per heavy atom. The van der Waals surface area contributed by atoms with Crippen LogP contribution in [0.3, 0.4) is 0 Å². The first-order valence-corrected chi connectivity index (χ1v) is 16.9. The molecule has 1 aliphatic rings. The number of aryl methyl sites for hydroxylation is 2. The second-order valence-corrected chi connectivity index (χ2v) is 13.0. The number of piperidine rings is 1. The largest absolute Gasteiger partial charge is 0.366 e. The molecule has 1 fully saturated rings. The monoisotopic (exact) mass is 627 g/mol. The van der Waals surface area contributed by atoms with Gasteiger partial charge in [0, 0.05) is 36.8 Å². The standard InChI is InChI=1S/C29H39N3O2.C11H15F/c1-5-7-20(3)26(6-2)27-18-24(11-8-21(27)4)29(34)31-25-14-16-32(17-15-25)19-22-9-12-23(13-10-22)28(30)33;1-4-9-5-7-10(8-6-9)11(2,3)12/h8-13,18,25H,5-7,14-17,19H2,1-4H3,(H2,30,33)(H,31,34);5-8H,4H2,1-3H3/b26-20+;. The van der Waals surface area contributed by atoms with Crippen LogP contribution in [0.15, 0.2) is 72.3 Å². The molecule has 4 rings (SSSR count). The molecule has 0 spiro atoms. The van der Waals surface area contributed by atoms with E-state index in [0.29, 0.717) is 5.56 Å². The van der Waals surface area contributed by atoms with Gasteiger partial charge in [-0.1, -0.05) is 75.2 Å². The Balaban J connectivity index is 0.000000402.